The first-order chi connectivity index (χ1) is 14.3. The molecule has 30 heavy (non-hydrogen) atoms. The second kappa shape index (κ2) is 8.96. The van der Waals surface area contributed by atoms with Crippen molar-refractivity contribution in [3.8, 4) is 5.75 Å². The minimum atomic E-state index is -0.876. The molecule has 0 bridgehead atoms. The Morgan fingerprint density at radius 1 is 1.17 bits per heavy atom. The molecule has 154 valence electrons. The molecule has 1 amide bonds. The zero-order valence-electron chi connectivity index (χ0n) is 16.5. The van der Waals surface area contributed by atoms with Gasteiger partial charge in [0.05, 0.1) is 24.1 Å². The summed E-state index contributed by atoms with van der Waals surface area (Å²) in [5.41, 5.74) is 1.69. The van der Waals surface area contributed by atoms with Crippen LogP contribution in [0.4, 0.5) is 19.6 Å². The number of hydrogen-bond donors (Lipinski definition) is 0. The second-order valence-corrected chi connectivity index (χ2v) is 7.24. The predicted molar refractivity (Wildman–Crippen MR) is 112 cm³/mol. The third-order valence-electron chi connectivity index (χ3n) is 4.19. The van der Waals surface area contributed by atoms with E-state index >= 15 is 0 Å². The van der Waals surface area contributed by atoms with Crippen LogP contribution in [0.15, 0.2) is 47.9 Å². The van der Waals surface area contributed by atoms with Gasteiger partial charge in [-0.1, -0.05) is 6.07 Å². The summed E-state index contributed by atoms with van der Waals surface area (Å²) in [6.07, 6.45) is 2.85. The fourth-order valence-electron chi connectivity index (χ4n) is 2.78. The highest BCUT2D eigenvalue weighted by atomic mass is 32.1. The Bertz CT molecular complexity index is 1140. The summed E-state index contributed by atoms with van der Waals surface area (Å²) in [4.78, 5) is 29.9. The first kappa shape index (κ1) is 21.3. The third kappa shape index (κ3) is 4.60. The normalized spacial score (nSPS) is 11.0. The van der Waals surface area contributed by atoms with Crippen LogP contribution in [0, 0.1) is 18.6 Å². The number of methoxy groups -OCH3 is 1. The number of allylic oxidation sites excluding steroid dienone is 1. The first-order valence-electron chi connectivity index (χ1n) is 8.88. The Balaban J connectivity index is 1.86. The summed E-state index contributed by atoms with van der Waals surface area (Å²) < 4.78 is 32.6. The molecule has 0 atom stereocenters. The van der Waals surface area contributed by atoms with Gasteiger partial charge in [0, 0.05) is 18.4 Å². The van der Waals surface area contributed by atoms with Crippen LogP contribution in [-0.2, 0) is 4.79 Å². The van der Waals surface area contributed by atoms with E-state index in [1.807, 2.05) is 13.0 Å². The zero-order chi connectivity index (χ0) is 21.8. The minimum absolute atomic E-state index is 0.103. The number of rotatable bonds is 6. The Hall–Kier alpha value is -3.39. The highest BCUT2D eigenvalue weighted by Crippen LogP contribution is 2.31. The lowest BCUT2D eigenvalue weighted by molar-refractivity contribution is -0.115. The van der Waals surface area contributed by atoms with E-state index < -0.39 is 17.5 Å². The molecule has 0 saturated carbocycles. The van der Waals surface area contributed by atoms with E-state index in [0.717, 1.165) is 27.9 Å². The topological polar surface area (TPSA) is 59.5 Å². The highest BCUT2D eigenvalue weighted by Gasteiger charge is 2.21. The van der Waals surface area contributed by atoms with Gasteiger partial charge >= 0.3 is 0 Å². The molecular weight excluding hydrogens is 410 g/mol. The van der Waals surface area contributed by atoms with E-state index in [0.29, 0.717) is 23.1 Å². The Kier molecular flexibility index (Phi) is 6.37. The number of carbonyl (C=O) groups excluding carboxylic acids is 2. The number of hydrogen-bond acceptors (Lipinski definition) is 5. The number of nitrogens with zero attached hydrogens (tertiary/aromatic N) is 2. The lowest BCUT2D eigenvalue weighted by Gasteiger charge is -2.18. The monoisotopic (exact) mass is 428 g/mol. The van der Waals surface area contributed by atoms with Crippen molar-refractivity contribution >= 4 is 39.9 Å². The summed E-state index contributed by atoms with van der Waals surface area (Å²) in [7, 11) is 1.49. The number of halogens is 2. The van der Waals surface area contributed by atoms with Gasteiger partial charge in [-0.15, -0.1) is 11.3 Å². The Morgan fingerprint density at radius 2 is 1.93 bits per heavy atom. The molecule has 0 aliphatic carbocycles. The summed E-state index contributed by atoms with van der Waals surface area (Å²) >= 11 is 1.10. The minimum Gasteiger partial charge on any atom is -0.496 e. The van der Waals surface area contributed by atoms with E-state index in [-0.39, 0.29) is 16.6 Å². The molecule has 0 saturated heterocycles. The van der Waals surface area contributed by atoms with Crippen LogP contribution in [0.1, 0.15) is 28.5 Å². The van der Waals surface area contributed by atoms with Crippen LogP contribution in [0.5, 0.6) is 5.75 Å². The van der Waals surface area contributed by atoms with Crippen molar-refractivity contribution < 1.29 is 23.1 Å². The SMILES string of the molecule is COc1cc(C)ccc1C(=O)C=Cc1csc(N(C(C)=O)c2ccc(F)cc2F)n1. The van der Waals surface area contributed by atoms with Crippen molar-refractivity contribution in [3.05, 3.63) is 76.3 Å². The lowest BCUT2D eigenvalue weighted by Crippen LogP contribution is -2.23. The molecule has 0 aliphatic heterocycles. The average Bonchev–Trinajstić information content (AvgIpc) is 3.16. The summed E-state index contributed by atoms with van der Waals surface area (Å²) in [5.74, 6) is -1.90. The predicted octanol–water partition coefficient (Wildman–Crippen LogP) is 5.32. The number of amides is 1. The molecule has 8 heteroatoms. The van der Waals surface area contributed by atoms with Crippen molar-refractivity contribution in [3.63, 3.8) is 0 Å². The van der Waals surface area contributed by atoms with E-state index in [4.69, 9.17) is 4.74 Å². The van der Waals surface area contributed by atoms with Crippen LogP contribution < -0.4 is 9.64 Å². The maximum Gasteiger partial charge on any atom is 0.230 e. The maximum atomic E-state index is 14.2. The van der Waals surface area contributed by atoms with Crippen molar-refractivity contribution in [1.29, 1.82) is 0 Å². The molecular formula is C22H18F2N2O3S. The van der Waals surface area contributed by atoms with Gasteiger partial charge in [-0.2, -0.15) is 0 Å². The maximum absolute atomic E-state index is 14.2. The van der Waals surface area contributed by atoms with Crippen molar-refractivity contribution in [2.45, 2.75) is 13.8 Å². The van der Waals surface area contributed by atoms with Crippen molar-refractivity contribution in [2.75, 3.05) is 12.0 Å². The number of ether oxygens (including phenoxy) is 1. The van der Waals surface area contributed by atoms with E-state index in [9.17, 15) is 18.4 Å². The largest absolute Gasteiger partial charge is 0.496 e. The molecule has 5 nitrogen and oxygen atoms in total. The van der Waals surface area contributed by atoms with Crippen LogP contribution in [0.25, 0.3) is 6.08 Å². The number of carbonyl (C=O) groups is 2. The summed E-state index contributed by atoms with van der Waals surface area (Å²) in [6.45, 7) is 3.15. The third-order valence-corrected chi connectivity index (χ3v) is 5.04. The number of anilines is 2. The van der Waals surface area contributed by atoms with Crippen LogP contribution in [-0.4, -0.2) is 23.8 Å². The smallest absolute Gasteiger partial charge is 0.230 e. The standard InChI is InChI=1S/C22H18F2N2O3S/c1-13-4-7-17(21(10-13)29-3)20(28)9-6-16-12-30-22(25-16)26(14(2)27)19-8-5-15(23)11-18(19)24/h4-12H,1-3H3. The molecule has 1 heterocycles. The molecule has 0 aliphatic rings. The fraction of sp³-hybridized carbons (Fsp3) is 0.136. The Labute approximate surface area is 176 Å². The molecule has 0 fully saturated rings. The van der Waals surface area contributed by atoms with Crippen LogP contribution in [0.3, 0.4) is 0 Å². The highest BCUT2D eigenvalue weighted by molar-refractivity contribution is 7.14. The fourth-order valence-corrected chi connectivity index (χ4v) is 3.63. The zero-order valence-corrected chi connectivity index (χ0v) is 17.3. The van der Waals surface area contributed by atoms with Gasteiger partial charge in [-0.05, 0) is 48.9 Å². The number of thiazole rings is 1. The first-order valence-corrected chi connectivity index (χ1v) is 9.76. The molecule has 0 unspecified atom stereocenters. The quantitative estimate of drug-likeness (QED) is 0.394. The van der Waals surface area contributed by atoms with Crippen molar-refractivity contribution in [1.82, 2.24) is 4.98 Å². The average molecular weight is 428 g/mol. The Morgan fingerprint density at radius 3 is 2.60 bits per heavy atom. The van der Waals surface area contributed by atoms with Gasteiger partial charge in [0.2, 0.25) is 5.91 Å². The van der Waals surface area contributed by atoms with Crippen molar-refractivity contribution in [2.24, 2.45) is 0 Å². The number of aromatic nitrogens is 1. The molecule has 2 aromatic carbocycles. The molecule has 0 radical (unpaired) electrons. The van der Waals surface area contributed by atoms with Gasteiger partial charge in [0.15, 0.2) is 10.9 Å². The van der Waals surface area contributed by atoms with Gasteiger partial charge in [0.25, 0.3) is 0 Å². The number of aryl methyl sites for hydroxylation is 1. The van der Waals surface area contributed by atoms with Crippen LogP contribution in [0.2, 0.25) is 0 Å². The molecule has 3 rings (SSSR count). The van der Waals surface area contributed by atoms with Gasteiger partial charge < -0.3 is 4.74 Å². The molecule has 3 aromatic rings. The van der Waals surface area contributed by atoms with Gasteiger partial charge in [-0.3, -0.25) is 14.5 Å². The van der Waals surface area contributed by atoms with E-state index in [2.05, 4.69) is 4.98 Å². The molecule has 1 aromatic heterocycles. The van der Waals surface area contributed by atoms with E-state index in [1.165, 1.54) is 32.3 Å². The number of ketones is 1. The summed E-state index contributed by atoms with van der Waals surface area (Å²) in [5, 5.41) is 1.83. The second-order valence-electron chi connectivity index (χ2n) is 6.41. The number of benzene rings is 2. The molecule has 0 N–H and O–H groups in total. The van der Waals surface area contributed by atoms with Gasteiger partial charge in [-0.25, -0.2) is 13.8 Å². The van der Waals surface area contributed by atoms with Gasteiger partial charge in [0.1, 0.15) is 17.4 Å². The van der Waals surface area contributed by atoms with E-state index in [1.54, 1.807) is 17.5 Å². The lowest BCUT2D eigenvalue weighted by atomic mass is 10.1. The van der Waals surface area contributed by atoms with Crippen LogP contribution >= 0.6 is 11.3 Å². The molecule has 0 spiro atoms. The summed E-state index contributed by atoms with van der Waals surface area (Å²) in [6, 6.07) is 8.21.